The first-order valence-corrected chi connectivity index (χ1v) is 7.76. The van der Waals surface area contributed by atoms with E-state index in [-0.39, 0.29) is 6.03 Å². The summed E-state index contributed by atoms with van der Waals surface area (Å²) in [6, 6.07) is 15.6. The Hall–Kier alpha value is -2.36. The minimum absolute atomic E-state index is 0.117. The first kappa shape index (κ1) is 16.0. The van der Waals surface area contributed by atoms with Crippen LogP contribution in [0, 0.1) is 0 Å². The molecule has 0 fully saturated rings. The molecular formula is C18H23N3O. The smallest absolute Gasteiger partial charge is 0.322 e. The van der Waals surface area contributed by atoms with Gasteiger partial charge in [0, 0.05) is 19.2 Å². The minimum Gasteiger partial charge on any atom is -0.338 e. The summed E-state index contributed by atoms with van der Waals surface area (Å²) in [5, 5.41) is 2.92. The second-order valence-electron chi connectivity index (χ2n) is 5.25. The van der Waals surface area contributed by atoms with E-state index in [4.69, 9.17) is 0 Å². The van der Waals surface area contributed by atoms with Gasteiger partial charge in [0.25, 0.3) is 0 Å². The van der Waals surface area contributed by atoms with Gasteiger partial charge in [0.2, 0.25) is 0 Å². The van der Waals surface area contributed by atoms with Crippen molar-refractivity contribution in [1.29, 1.82) is 0 Å². The van der Waals surface area contributed by atoms with E-state index in [1.54, 1.807) is 11.9 Å². The van der Waals surface area contributed by atoms with E-state index in [1.807, 2.05) is 48.5 Å². The number of nitrogens with one attached hydrogen (secondary N) is 1. The fourth-order valence-electron chi connectivity index (χ4n) is 2.17. The number of nitrogens with zero attached hydrogens (tertiary/aromatic N) is 2. The Balaban J connectivity index is 2.04. The Morgan fingerprint density at radius 2 is 1.86 bits per heavy atom. The summed E-state index contributed by atoms with van der Waals surface area (Å²) in [6.45, 7) is 2.85. The van der Waals surface area contributed by atoms with Gasteiger partial charge in [0.05, 0.1) is 5.69 Å². The highest BCUT2D eigenvalue weighted by Gasteiger charge is 2.12. The monoisotopic (exact) mass is 297 g/mol. The predicted octanol–water partition coefficient (Wildman–Crippen LogP) is 4.08. The molecule has 1 aromatic carbocycles. The molecule has 0 aliphatic rings. The molecule has 0 radical (unpaired) electrons. The highest BCUT2D eigenvalue weighted by Crippen LogP contribution is 2.19. The molecule has 2 amide bonds. The Bertz CT molecular complexity index is 598. The minimum atomic E-state index is -0.117. The number of aromatic nitrogens is 1. The molecule has 0 aliphatic heterocycles. The summed E-state index contributed by atoms with van der Waals surface area (Å²) < 4.78 is 0. The molecule has 0 unspecified atom stereocenters. The van der Waals surface area contributed by atoms with Gasteiger partial charge in [-0.05, 0) is 18.6 Å². The second-order valence-corrected chi connectivity index (χ2v) is 5.25. The third-order valence-corrected chi connectivity index (χ3v) is 3.51. The standard InChI is InChI=1S/C18H23N3O/c1-3-4-8-14-19-18(22)21(2)17-13-9-12-16(20-17)15-10-6-5-7-11-15/h5-7,9-13H,3-4,8,14H2,1-2H3,(H,19,22). The van der Waals surface area contributed by atoms with Crippen LogP contribution in [0.4, 0.5) is 10.6 Å². The van der Waals surface area contributed by atoms with E-state index in [2.05, 4.69) is 17.2 Å². The number of benzene rings is 1. The number of carbonyl (C=O) groups excluding carboxylic acids is 1. The maximum absolute atomic E-state index is 12.1. The fraction of sp³-hybridized carbons (Fsp3) is 0.333. The molecule has 4 heteroatoms. The first-order chi connectivity index (χ1) is 10.7. The van der Waals surface area contributed by atoms with Crippen LogP contribution in [0.2, 0.25) is 0 Å². The topological polar surface area (TPSA) is 45.2 Å². The van der Waals surface area contributed by atoms with Crippen molar-refractivity contribution in [2.24, 2.45) is 0 Å². The van der Waals surface area contributed by atoms with Crippen molar-refractivity contribution >= 4 is 11.8 Å². The molecule has 2 aromatic rings. The van der Waals surface area contributed by atoms with Gasteiger partial charge in [-0.25, -0.2) is 9.78 Å². The van der Waals surface area contributed by atoms with Gasteiger partial charge in [-0.3, -0.25) is 4.90 Å². The normalized spacial score (nSPS) is 10.3. The number of hydrogen-bond donors (Lipinski definition) is 1. The van der Waals surface area contributed by atoms with Crippen LogP contribution in [0.3, 0.4) is 0 Å². The average molecular weight is 297 g/mol. The van der Waals surface area contributed by atoms with Gasteiger partial charge in [0.15, 0.2) is 0 Å². The lowest BCUT2D eigenvalue weighted by Crippen LogP contribution is -2.38. The van der Waals surface area contributed by atoms with Crippen molar-refractivity contribution < 1.29 is 4.79 Å². The quantitative estimate of drug-likeness (QED) is 0.816. The zero-order valence-corrected chi connectivity index (χ0v) is 13.2. The van der Waals surface area contributed by atoms with Gasteiger partial charge in [-0.2, -0.15) is 0 Å². The van der Waals surface area contributed by atoms with Crippen molar-refractivity contribution in [3.63, 3.8) is 0 Å². The van der Waals surface area contributed by atoms with Crippen molar-refractivity contribution in [3.05, 3.63) is 48.5 Å². The summed E-state index contributed by atoms with van der Waals surface area (Å²) in [5.74, 6) is 0.648. The molecule has 4 nitrogen and oxygen atoms in total. The highest BCUT2D eigenvalue weighted by molar-refractivity contribution is 5.90. The van der Waals surface area contributed by atoms with Gasteiger partial charge in [-0.1, -0.05) is 56.2 Å². The first-order valence-electron chi connectivity index (χ1n) is 7.76. The van der Waals surface area contributed by atoms with Crippen LogP contribution in [-0.2, 0) is 0 Å². The number of unbranched alkanes of at least 4 members (excludes halogenated alkanes) is 2. The third-order valence-electron chi connectivity index (χ3n) is 3.51. The average Bonchev–Trinajstić information content (AvgIpc) is 2.59. The van der Waals surface area contributed by atoms with Crippen LogP contribution in [0.25, 0.3) is 11.3 Å². The number of carbonyl (C=O) groups is 1. The van der Waals surface area contributed by atoms with Crippen molar-refractivity contribution in [2.45, 2.75) is 26.2 Å². The van der Waals surface area contributed by atoms with Gasteiger partial charge < -0.3 is 5.32 Å². The summed E-state index contributed by atoms with van der Waals surface area (Å²) >= 11 is 0. The maximum Gasteiger partial charge on any atom is 0.322 e. The SMILES string of the molecule is CCCCCNC(=O)N(C)c1cccc(-c2ccccc2)n1. The molecule has 0 atom stereocenters. The lowest BCUT2D eigenvalue weighted by molar-refractivity contribution is 0.247. The number of anilines is 1. The maximum atomic E-state index is 12.1. The lowest BCUT2D eigenvalue weighted by Gasteiger charge is -2.17. The van der Waals surface area contributed by atoms with Crippen molar-refractivity contribution in [2.75, 3.05) is 18.5 Å². The number of rotatable bonds is 6. The summed E-state index contributed by atoms with van der Waals surface area (Å²) in [4.78, 5) is 18.3. The zero-order chi connectivity index (χ0) is 15.8. The second kappa shape index (κ2) is 8.17. The van der Waals surface area contributed by atoms with E-state index in [9.17, 15) is 4.79 Å². The van der Waals surface area contributed by atoms with E-state index in [0.29, 0.717) is 12.4 Å². The van der Waals surface area contributed by atoms with Gasteiger partial charge in [0.1, 0.15) is 5.82 Å². The molecule has 22 heavy (non-hydrogen) atoms. The Labute approximate surface area is 132 Å². The summed E-state index contributed by atoms with van der Waals surface area (Å²) in [7, 11) is 1.74. The van der Waals surface area contributed by atoms with Gasteiger partial charge >= 0.3 is 6.03 Å². The molecule has 0 aliphatic carbocycles. The van der Waals surface area contributed by atoms with E-state index < -0.39 is 0 Å². The van der Waals surface area contributed by atoms with Crippen molar-refractivity contribution in [3.8, 4) is 11.3 Å². The summed E-state index contributed by atoms with van der Waals surface area (Å²) in [5.41, 5.74) is 1.91. The summed E-state index contributed by atoms with van der Waals surface area (Å²) in [6.07, 6.45) is 3.28. The zero-order valence-electron chi connectivity index (χ0n) is 13.2. The predicted molar refractivity (Wildman–Crippen MR) is 91.0 cm³/mol. The lowest BCUT2D eigenvalue weighted by atomic mass is 10.1. The molecule has 2 rings (SSSR count). The largest absolute Gasteiger partial charge is 0.338 e. The number of urea groups is 1. The Morgan fingerprint density at radius 3 is 2.59 bits per heavy atom. The van der Waals surface area contributed by atoms with Crippen LogP contribution in [0.15, 0.2) is 48.5 Å². The number of pyridine rings is 1. The van der Waals surface area contributed by atoms with Crippen LogP contribution in [0.1, 0.15) is 26.2 Å². The molecule has 0 saturated carbocycles. The molecule has 0 saturated heterocycles. The Kier molecular flexibility index (Phi) is 5.95. The molecule has 1 N–H and O–H groups in total. The molecule has 1 aromatic heterocycles. The molecule has 0 bridgehead atoms. The fourth-order valence-corrected chi connectivity index (χ4v) is 2.17. The number of hydrogen-bond acceptors (Lipinski definition) is 2. The van der Waals surface area contributed by atoms with Crippen LogP contribution in [-0.4, -0.2) is 24.6 Å². The molecule has 0 spiro atoms. The highest BCUT2D eigenvalue weighted by atomic mass is 16.2. The number of amides is 2. The van der Waals surface area contributed by atoms with Crippen LogP contribution < -0.4 is 10.2 Å². The van der Waals surface area contributed by atoms with Crippen molar-refractivity contribution in [1.82, 2.24) is 10.3 Å². The van der Waals surface area contributed by atoms with Crippen LogP contribution in [0.5, 0.6) is 0 Å². The van der Waals surface area contributed by atoms with Crippen LogP contribution >= 0.6 is 0 Å². The third kappa shape index (κ3) is 4.32. The van der Waals surface area contributed by atoms with E-state index in [1.165, 1.54) is 0 Å². The molecule has 1 heterocycles. The molecular weight excluding hydrogens is 274 g/mol. The van der Waals surface area contributed by atoms with Gasteiger partial charge in [-0.15, -0.1) is 0 Å². The Morgan fingerprint density at radius 1 is 1.09 bits per heavy atom. The van der Waals surface area contributed by atoms with E-state index >= 15 is 0 Å². The molecule has 116 valence electrons. The van der Waals surface area contributed by atoms with E-state index in [0.717, 1.165) is 30.5 Å².